The zero-order valence-electron chi connectivity index (χ0n) is 25.7. The molecule has 7 aromatic carbocycles. The van der Waals surface area contributed by atoms with Crippen LogP contribution < -0.4 is 4.90 Å². The summed E-state index contributed by atoms with van der Waals surface area (Å²) in [5.74, 6) is 0. The highest BCUT2D eigenvalue weighted by Crippen LogP contribution is 2.41. The summed E-state index contributed by atoms with van der Waals surface area (Å²) in [6.45, 7) is 0. The first-order chi connectivity index (χ1) is 23.3. The zero-order valence-corrected chi connectivity index (χ0v) is 25.7. The van der Waals surface area contributed by atoms with Crippen LogP contribution in [-0.2, 0) is 0 Å². The van der Waals surface area contributed by atoms with Crippen LogP contribution in [0.1, 0.15) is 0 Å². The molecule has 0 amide bonds. The molecule has 0 aliphatic carbocycles. The smallest absolute Gasteiger partial charge is 0.0721 e. The van der Waals surface area contributed by atoms with E-state index in [1.165, 1.54) is 49.5 Å². The molecule has 0 saturated heterocycles. The summed E-state index contributed by atoms with van der Waals surface area (Å²) in [5, 5.41) is 3.72. The van der Waals surface area contributed by atoms with Crippen molar-refractivity contribution in [3.8, 4) is 22.5 Å². The number of nitrogens with zero attached hydrogens (tertiary/aromatic N) is 3. The van der Waals surface area contributed by atoms with Gasteiger partial charge in [0, 0.05) is 45.1 Å². The maximum Gasteiger partial charge on any atom is 0.0721 e. The molecular weight excluding hydrogens is 571 g/mol. The molecule has 3 nitrogen and oxygen atoms in total. The molecule has 0 aliphatic heterocycles. The maximum absolute atomic E-state index is 2.36. The molecule has 0 atom stereocenters. The Balaban J connectivity index is 1.14. The lowest BCUT2D eigenvalue weighted by Gasteiger charge is -2.24. The number of rotatable bonds is 6. The van der Waals surface area contributed by atoms with Gasteiger partial charge in [0.05, 0.1) is 22.2 Å². The summed E-state index contributed by atoms with van der Waals surface area (Å²) in [7, 11) is 0. The van der Waals surface area contributed by atoms with Crippen molar-refractivity contribution in [2.24, 2.45) is 0 Å². The van der Waals surface area contributed by atoms with E-state index in [9.17, 15) is 0 Å². The molecule has 47 heavy (non-hydrogen) atoms. The quantitative estimate of drug-likeness (QED) is 0.185. The van der Waals surface area contributed by atoms with Gasteiger partial charge in [-0.25, -0.2) is 0 Å². The fraction of sp³-hybridized carbons (Fsp3) is 0. The van der Waals surface area contributed by atoms with Gasteiger partial charge < -0.3 is 14.0 Å². The van der Waals surface area contributed by atoms with Crippen molar-refractivity contribution >= 4 is 49.8 Å². The number of hydrogen-bond acceptors (Lipinski definition) is 1. The highest BCUT2D eigenvalue weighted by Gasteiger charge is 2.19. The SMILES string of the molecule is c1ccc(N(c2ccccc2)c2cn(-c3ccc(-c4ccc5c(c4)c4ccccc4n5-c4ccccc4)cc3)c3ccccc23)cc1. The van der Waals surface area contributed by atoms with Gasteiger partial charge in [-0.3, -0.25) is 0 Å². The summed E-state index contributed by atoms with van der Waals surface area (Å²) in [6, 6.07) is 65.0. The third-order valence-electron chi connectivity index (χ3n) is 9.13. The second kappa shape index (κ2) is 11.2. The van der Waals surface area contributed by atoms with Gasteiger partial charge in [-0.2, -0.15) is 0 Å². The fourth-order valence-corrected chi connectivity index (χ4v) is 6.96. The number of fused-ring (bicyclic) bond motifs is 4. The standard InChI is InChI=1S/C44H31N3/c1-4-14-35(15-5-1)46(36-16-6-2-7-17-36)44-31-45(41-22-12-11-21-39(41)44)34-27-24-32(25-28-34)33-26-29-43-40(30-33)38-20-10-13-23-42(38)47(43)37-18-8-3-9-19-37/h1-31H. The highest BCUT2D eigenvalue weighted by molar-refractivity contribution is 6.10. The Hall–Kier alpha value is -6.32. The van der Waals surface area contributed by atoms with Crippen molar-refractivity contribution in [1.82, 2.24) is 9.13 Å². The first kappa shape index (κ1) is 27.0. The zero-order chi connectivity index (χ0) is 31.2. The van der Waals surface area contributed by atoms with E-state index in [-0.39, 0.29) is 0 Å². The van der Waals surface area contributed by atoms with Gasteiger partial charge in [0.15, 0.2) is 0 Å². The van der Waals surface area contributed by atoms with E-state index in [1.807, 2.05) is 0 Å². The molecule has 0 saturated carbocycles. The summed E-state index contributed by atoms with van der Waals surface area (Å²) in [4.78, 5) is 2.34. The number of anilines is 3. The Morgan fingerprint density at radius 3 is 1.57 bits per heavy atom. The molecule has 0 fully saturated rings. The Morgan fingerprint density at radius 2 is 0.894 bits per heavy atom. The molecule has 2 aromatic heterocycles. The van der Waals surface area contributed by atoms with Crippen molar-refractivity contribution in [2.45, 2.75) is 0 Å². The predicted octanol–water partition coefficient (Wildman–Crippen LogP) is 11.9. The molecule has 9 rings (SSSR count). The Labute approximate surface area is 273 Å². The first-order valence-corrected chi connectivity index (χ1v) is 16.0. The summed E-state index contributed by atoms with van der Waals surface area (Å²) in [5.41, 5.74) is 11.7. The van der Waals surface area contributed by atoms with Crippen LogP contribution in [0.4, 0.5) is 17.1 Å². The van der Waals surface area contributed by atoms with Gasteiger partial charge in [-0.05, 0) is 83.9 Å². The summed E-state index contributed by atoms with van der Waals surface area (Å²) >= 11 is 0. The van der Waals surface area contributed by atoms with E-state index in [2.05, 4.69) is 202 Å². The minimum absolute atomic E-state index is 1.12. The molecule has 0 unspecified atom stereocenters. The molecular formula is C44H31N3. The van der Waals surface area contributed by atoms with Gasteiger partial charge in [-0.1, -0.05) is 109 Å². The second-order valence-electron chi connectivity index (χ2n) is 11.9. The third kappa shape index (κ3) is 4.60. The van der Waals surface area contributed by atoms with Gasteiger partial charge >= 0.3 is 0 Å². The fourth-order valence-electron chi connectivity index (χ4n) is 6.96. The molecule has 0 bridgehead atoms. The predicted molar refractivity (Wildman–Crippen MR) is 198 cm³/mol. The van der Waals surface area contributed by atoms with E-state index in [1.54, 1.807) is 0 Å². The Kier molecular flexibility index (Phi) is 6.46. The van der Waals surface area contributed by atoms with E-state index in [0.29, 0.717) is 0 Å². The molecule has 9 aromatic rings. The molecule has 0 N–H and O–H groups in total. The minimum atomic E-state index is 1.12. The average molecular weight is 602 g/mol. The van der Waals surface area contributed by atoms with E-state index >= 15 is 0 Å². The molecule has 222 valence electrons. The average Bonchev–Trinajstić information content (AvgIpc) is 3.69. The van der Waals surface area contributed by atoms with Crippen LogP contribution in [0, 0.1) is 0 Å². The number of aromatic nitrogens is 2. The van der Waals surface area contributed by atoms with E-state index in [0.717, 1.165) is 22.7 Å². The lowest BCUT2D eigenvalue weighted by atomic mass is 10.0. The van der Waals surface area contributed by atoms with Crippen molar-refractivity contribution in [3.05, 3.63) is 188 Å². The van der Waals surface area contributed by atoms with Crippen molar-refractivity contribution < 1.29 is 0 Å². The number of para-hydroxylation sites is 5. The molecule has 3 heteroatoms. The Bertz CT molecular complexity index is 2450. The van der Waals surface area contributed by atoms with Gasteiger partial charge in [0.1, 0.15) is 0 Å². The maximum atomic E-state index is 2.36. The van der Waals surface area contributed by atoms with Crippen LogP contribution in [0.3, 0.4) is 0 Å². The van der Waals surface area contributed by atoms with Crippen LogP contribution in [0.25, 0.3) is 55.2 Å². The van der Waals surface area contributed by atoms with Crippen LogP contribution in [-0.4, -0.2) is 9.13 Å². The van der Waals surface area contributed by atoms with Crippen LogP contribution in [0.5, 0.6) is 0 Å². The molecule has 2 heterocycles. The van der Waals surface area contributed by atoms with Gasteiger partial charge in [0.25, 0.3) is 0 Å². The minimum Gasteiger partial charge on any atom is -0.314 e. The van der Waals surface area contributed by atoms with Crippen LogP contribution in [0.2, 0.25) is 0 Å². The summed E-state index contributed by atoms with van der Waals surface area (Å²) in [6.07, 6.45) is 2.27. The van der Waals surface area contributed by atoms with Gasteiger partial charge in [0.2, 0.25) is 0 Å². The van der Waals surface area contributed by atoms with Crippen molar-refractivity contribution in [1.29, 1.82) is 0 Å². The lowest BCUT2D eigenvalue weighted by Crippen LogP contribution is -2.09. The molecule has 0 spiro atoms. The normalized spacial score (nSPS) is 11.4. The lowest BCUT2D eigenvalue weighted by molar-refractivity contribution is 1.12. The third-order valence-corrected chi connectivity index (χ3v) is 9.13. The molecule has 0 aliphatic rings. The Morgan fingerprint density at radius 1 is 0.362 bits per heavy atom. The topological polar surface area (TPSA) is 13.1 Å². The number of hydrogen-bond donors (Lipinski definition) is 0. The largest absolute Gasteiger partial charge is 0.314 e. The van der Waals surface area contributed by atoms with Gasteiger partial charge in [-0.15, -0.1) is 0 Å². The number of benzene rings is 7. The second-order valence-corrected chi connectivity index (χ2v) is 11.9. The van der Waals surface area contributed by atoms with Crippen LogP contribution in [0.15, 0.2) is 188 Å². The van der Waals surface area contributed by atoms with E-state index < -0.39 is 0 Å². The van der Waals surface area contributed by atoms with E-state index in [4.69, 9.17) is 0 Å². The monoisotopic (exact) mass is 601 g/mol. The van der Waals surface area contributed by atoms with Crippen molar-refractivity contribution in [2.75, 3.05) is 4.90 Å². The highest BCUT2D eigenvalue weighted by atomic mass is 15.2. The first-order valence-electron chi connectivity index (χ1n) is 16.0. The van der Waals surface area contributed by atoms with Crippen LogP contribution >= 0.6 is 0 Å². The summed E-state index contributed by atoms with van der Waals surface area (Å²) < 4.78 is 4.67. The molecule has 0 radical (unpaired) electrons. The van der Waals surface area contributed by atoms with Crippen molar-refractivity contribution in [3.63, 3.8) is 0 Å².